The summed E-state index contributed by atoms with van der Waals surface area (Å²) in [5, 5.41) is 0. The third-order valence-corrected chi connectivity index (χ3v) is 3.16. The van der Waals surface area contributed by atoms with Crippen LogP contribution < -0.4 is 10.5 Å². The van der Waals surface area contributed by atoms with Crippen LogP contribution in [0.1, 0.15) is 11.1 Å². The highest BCUT2D eigenvalue weighted by molar-refractivity contribution is 5.54. The van der Waals surface area contributed by atoms with Gasteiger partial charge in [0.1, 0.15) is 12.4 Å². The van der Waals surface area contributed by atoms with Crippen LogP contribution in [0.15, 0.2) is 48.5 Å². The standard InChI is InChI=1S/C17H22N2O/c1-19(2)11-10-14-8-9-17(16(18)12-14)20-13-15-6-4-3-5-7-15/h3-9,12H,10-11,13,18H2,1-2H3. The molecular weight excluding hydrogens is 248 g/mol. The minimum Gasteiger partial charge on any atom is -0.487 e. The van der Waals surface area contributed by atoms with E-state index in [2.05, 4.69) is 25.1 Å². The van der Waals surface area contributed by atoms with E-state index >= 15 is 0 Å². The molecule has 0 unspecified atom stereocenters. The number of likely N-dealkylation sites (N-methyl/N-ethyl adjacent to an activating group) is 1. The number of benzene rings is 2. The number of hydrogen-bond donors (Lipinski definition) is 1. The van der Waals surface area contributed by atoms with Gasteiger partial charge in [0, 0.05) is 6.54 Å². The quantitative estimate of drug-likeness (QED) is 0.820. The topological polar surface area (TPSA) is 38.5 Å². The summed E-state index contributed by atoms with van der Waals surface area (Å²) in [5.41, 5.74) is 9.14. The summed E-state index contributed by atoms with van der Waals surface area (Å²) in [4.78, 5) is 2.16. The second kappa shape index (κ2) is 6.96. The summed E-state index contributed by atoms with van der Waals surface area (Å²) in [5.74, 6) is 0.752. The summed E-state index contributed by atoms with van der Waals surface area (Å²) in [6, 6.07) is 16.1. The largest absolute Gasteiger partial charge is 0.487 e. The molecule has 2 N–H and O–H groups in total. The molecule has 0 fully saturated rings. The Bertz CT molecular complexity index is 538. The van der Waals surface area contributed by atoms with Gasteiger partial charge >= 0.3 is 0 Å². The third kappa shape index (κ3) is 4.28. The Kier molecular flexibility index (Phi) is 5.02. The van der Waals surface area contributed by atoms with Gasteiger partial charge in [-0.2, -0.15) is 0 Å². The van der Waals surface area contributed by atoms with Crippen molar-refractivity contribution in [3.63, 3.8) is 0 Å². The van der Waals surface area contributed by atoms with E-state index in [9.17, 15) is 0 Å². The van der Waals surface area contributed by atoms with Gasteiger partial charge in [0.15, 0.2) is 0 Å². The van der Waals surface area contributed by atoms with Crippen LogP contribution in [0.2, 0.25) is 0 Å². The summed E-state index contributed by atoms with van der Waals surface area (Å²) in [7, 11) is 4.14. The average Bonchev–Trinajstić information content (AvgIpc) is 2.45. The highest BCUT2D eigenvalue weighted by atomic mass is 16.5. The molecule has 106 valence electrons. The van der Waals surface area contributed by atoms with E-state index in [1.165, 1.54) is 5.56 Å². The fourth-order valence-corrected chi connectivity index (χ4v) is 1.97. The Morgan fingerprint density at radius 1 is 1.00 bits per heavy atom. The molecule has 2 rings (SSSR count). The van der Waals surface area contributed by atoms with Crippen molar-refractivity contribution >= 4 is 5.69 Å². The molecule has 2 aromatic carbocycles. The Morgan fingerprint density at radius 3 is 2.40 bits per heavy atom. The van der Waals surface area contributed by atoms with Crippen LogP contribution in [-0.2, 0) is 13.0 Å². The van der Waals surface area contributed by atoms with Gasteiger partial charge in [-0.3, -0.25) is 0 Å². The van der Waals surface area contributed by atoms with Crippen LogP contribution in [-0.4, -0.2) is 25.5 Å². The zero-order valence-corrected chi connectivity index (χ0v) is 12.2. The van der Waals surface area contributed by atoms with Crippen molar-refractivity contribution in [2.45, 2.75) is 13.0 Å². The highest BCUT2D eigenvalue weighted by Gasteiger charge is 2.03. The molecule has 0 aliphatic carbocycles. The molecule has 2 aromatic rings. The van der Waals surface area contributed by atoms with Gasteiger partial charge < -0.3 is 15.4 Å². The Morgan fingerprint density at radius 2 is 1.75 bits per heavy atom. The Balaban J connectivity index is 1.95. The van der Waals surface area contributed by atoms with Gasteiger partial charge in [0.05, 0.1) is 5.69 Å². The van der Waals surface area contributed by atoms with Gasteiger partial charge in [-0.05, 0) is 43.8 Å². The fraction of sp³-hybridized carbons (Fsp3) is 0.294. The van der Waals surface area contributed by atoms with Crippen molar-refractivity contribution in [2.75, 3.05) is 26.4 Å². The van der Waals surface area contributed by atoms with E-state index in [0.29, 0.717) is 12.3 Å². The molecule has 0 atom stereocenters. The van der Waals surface area contributed by atoms with Crippen LogP contribution in [0.5, 0.6) is 5.75 Å². The van der Waals surface area contributed by atoms with E-state index in [4.69, 9.17) is 10.5 Å². The molecule has 0 saturated carbocycles. The molecule has 20 heavy (non-hydrogen) atoms. The number of ether oxygens (including phenoxy) is 1. The number of rotatable bonds is 6. The Labute approximate surface area is 121 Å². The molecule has 3 nitrogen and oxygen atoms in total. The summed E-state index contributed by atoms with van der Waals surface area (Å²) < 4.78 is 5.77. The number of anilines is 1. The highest BCUT2D eigenvalue weighted by Crippen LogP contribution is 2.23. The zero-order chi connectivity index (χ0) is 14.4. The van der Waals surface area contributed by atoms with Crippen LogP contribution in [0.4, 0.5) is 5.69 Å². The SMILES string of the molecule is CN(C)CCc1ccc(OCc2ccccc2)c(N)c1. The smallest absolute Gasteiger partial charge is 0.142 e. The first-order valence-corrected chi connectivity index (χ1v) is 6.85. The van der Waals surface area contributed by atoms with Crippen molar-refractivity contribution in [1.29, 1.82) is 0 Å². The third-order valence-electron chi connectivity index (χ3n) is 3.16. The lowest BCUT2D eigenvalue weighted by Crippen LogP contribution is -2.15. The van der Waals surface area contributed by atoms with Crippen molar-refractivity contribution < 1.29 is 4.74 Å². The fourth-order valence-electron chi connectivity index (χ4n) is 1.97. The van der Waals surface area contributed by atoms with Crippen molar-refractivity contribution in [1.82, 2.24) is 4.90 Å². The second-order valence-electron chi connectivity index (χ2n) is 5.20. The minimum atomic E-state index is 0.544. The first-order valence-electron chi connectivity index (χ1n) is 6.85. The van der Waals surface area contributed by atoms with E-state index in [1.807, 2.05) is 42.5 Å². The molecule has 0 bridgehead atoms. The van der Waals surface area contributed by atoms with Gasteiger partial charge in [-0.25, -0.2) is 0 Å². The van der Waals surface area contributed by atoms with Crippen LogP contribution >= 0.6 is 0 Å². The van der Waals surface area contributed by atoms with E-state index in [0.717, 1.165) is 24.3 Å². The Hall–Kier alpha value is -2.00. The van der Waals surface area contributed by atoms with Gasteiger partial charge in [0.2, 0.25) is 0 Å². The molecule has 0 heterocycles. The van der Waals surface area contributed by atoms with Crippen LogP contribution in [0.25, 0.3) is 0 Å². The van der Waals surface area contributed by atoms with Gasteiger partial charge in [-0.1, -0.05) is 36.4 Å². The predicted molar refractivity (Wildman–Crippen MR) is 83.9 cm³/mol. The normalized spacial score (nSPS) is 10.8. The second-order valence-corrected chi connectivity index (χ2v) is 5.20. The van der Waals surface area contributed by atoms with E-state index in [-0.39, 0.29) is 0 Å². The molecule has 0 saturated heterocycles. The van der Waals surface area contributed by atoms with Crippen molar-refractivity contribution in [3.05, 3.63) is 59.7 Å². The minimum absolute atomic E-state index is 0.544. The molecule has 0 aliphatic heterocycles. The van der Waals surface area contributed by atoms with Gasteiger partial charge in [-0.15, -0.1) is 0 Å². The predicted octanol–water partition coefficient (Wildman–Crippen LogP) is 2.95. The maximum absolute atomic E-state index is 6.05. The number of hydrogen-bond acceptors (Lipinski definition) is 3. The molecule has 0 radical (unpaired) electrons. The molecule has 0 amide bonds. The van der Waals surface area contributed by atoms with Crippen molar-refractivity contribution in [2.24, 2.45) is 0 Å². The van der Waals surface area contributed by atoms with Crippen LogP contribution in [0, 0.1) is 0 Å². The maximum Gasteiger partial charge on any atom is 0.142 e. The molecule has 0 spiro atoms. The van der Waals surface area contributed by atoms with Gasteiger partial charge in [0.25, 0.3) is 0 Å². The lowest BCUT2D eigenvalue weighted by atomic mass is 10.1. The lowest BCUT2D eigenvalue weighted by molar-refractivity contribution is 0.308. The first-order chi connectivity index (χ1) is 9.65. The zero-order valence-electron chi connectivity index (χ0n) is 12.2. The lowest BCUT2D eigenvalue weighted by Gasteiger charge is -2.12. The first kappa shape index (κ1) is 14.4. The summed E-state index contributed by atoms with van der Waals surface area (Å²) >= 11 is 0. The molecular formula is C17H22N2O. The summed E-state index contributed by atoms with van der Waals surface area (Å²) in [6.07, 6.45) is 0.996. The van der Waals surface area contributed by atoms with E-state index < -0.39 is 0 Å². The number of nitrogens with two attached hydrogens (primary N) is 1. The monoisotopic (exact) mass is 270 g/mol. The molecule has 0 aromatic heterocycles. The summed E-state index contributed by atoms with van der Waals surface area (Å²) in [6.45, 7) is 1.56. The number of nitrogens with zero attached hydrogens (tertiary/aromatic N) is 1. The molecule has 0 aliphatic rings. The van der Waals surface area contributed by atoms with Crippen LogP contribution in [0.3, 0.4) is 0 Å². The van der Waals surface area contributed by atoms with E-state index in [1.54, 1.807) is 0 Å². The average molecular weight is 270 g/mol. The maximum atomic E-state index is 6.05. The number of nitrogen functional groups attached to an aromatic ring is 1. The van der Waals surface area contributed by atoms with Crippen molar-refractivity contribution in [3.8, 4) is 5.75 Å². The molecule has 3 heteroatoms.